The average molecular weight is 296 g/mol. The van der Waals surface area contributed by atoms with E-state index < -0.39 is 23.9 Å². The van der Waals surface area contributed by atoms with E-state index in [1.165, 1.54) is 19.2 Å². The van der Waals surface area contributed by atoms with Gasteiger partial charge < -0.3 is 20.1 Å². The number of carboxylic acids is 1. The number of benzene rings is 1. The van der Waals surface area contributed by atoms with E-state index in [-0.39, 0.29) is 24.8 Å². The van der Waals surface area contributed by atoms with Crippen LogP contribution in [0, 0.1) is 12.7 Å². The lowest BCUT2D eigenvalue weighted by Gasteiger charge is -2.22. The molecule has 2 atom stereocenters. The number of anilines is 1. The van der Waals surface area contributed by atoms with Gasteiger partial charge in [-0.15, -0.1) is 0 Å². The number of nitrogens with zero attached hydrogens (tertiary/aromatic N) is 1. The van der Waals surface area contributed by atoms with Crippen LogP contribution in [0.2, 0.25) is 0 Å². The van der Waals surface area contributed by atoms with Gasteiger partial charge >= 0.3 is 12.0 Å². The van der Waals surface area contributed by atoms with Crippen LogP contribution in [-0.2, 0) is 9.53 Å². The standard InChI is InChI=1S/C14H17FN2O4/c1-8-4-3-5-10(15)12(8)16-14(20)17-7-9(21-2)6-11(17)13(18)19/h3-5,9,11H,6-7H2,1-2H3,(H,16,20)(H,18,19). The summed E-state index contributed by atoms with van der Waals surface area (Å²) in [6, 6.07) is 2.82. The SMILES string of the molecule is COC1CC(C(=O)O)N(C(=O)Nc2c(C)cccc2F)C1. The lowest BCUT2D eigenvalue weighted by molar-refractivity contribution is -0.141. The molecule has 1 aromatic carbocycles. The molecule has 1 saturated heterocycles. The number of hydrogen-bond acceptors (Lipinski definition) is 3. The summed E-state index contributed by atoms with van der Waals surface area (Å²) in [5.74, 6) is -1.66. The van der Waals surface area contributed by atoms with Gasteiger partial charge in [0.05, 0.1) is 11.8 Å². The summed E-state index contributed by atoms with van der Waals surface area (Å²) in [5.41, 5.74) is 0.630. The monoisotopic (exact) mass is 296 g/mol. The van der Waals surface area contributed by atoms with Crippen LogP contribution in [0.3, 0.4) is 0 Å². The van der Waals surface area contributed by atoms with Crippen LogP contribution < -0.4 is 5.32 Å². The number of para-hydroxylation sites is 1. The number of halogens is 1. The molecule has 6 nitrogen and oxygen atoms in total. The van der Waals surface area contributed by atoms with Gasteiger partial charge in [0.15, 0.2) is 0 Å². The highest BCUT2D eigenvalue weighted by Crippen LogP contribution is 2.24. The molecular weight excluding hydrogens is 279 g/mol. The molecule has 1 aliphatic heterocycles. The molecule has 114 valence electrons. The summed E-state index contributed by atoms with van der Waals surface area (Å²) in [7, 11) is 1.46. The van der Waals surface area contributed by atoms with Gasteiger partial charge in [-0.3, -0.25) is 0 Å². The Labute approximate surface area is 121 Å². The molecule has 2 rings (SSSR count). The fraction of sp³-hybridized carbons (Fsp3) is 0.429. The molecule has 0 aliphatic carbocycles. The number of aliphatic carboxylic acids is 1. The molecule has 1 aromatic rings. The molecule has 7 heteroatoms. The third-order valence-electron chi connectivity index (χ3n) is 3.60. The molecule has 0 aromatic heterocycles. The number of rotatable bonds is 3. The fourth-order valence-electron chi connectivity index (χ4n) is 2.40. The summed E-state index contributed by atoms with van der Waals surface area (Å²) in [5, 5.41) is 11.6. The van der Waals surface area contributed by atoms with Crippen molar-refractivity contribution in [1.82, 2.24) is 4.90 Å². The number of aryl methyl sites for hydroxylation is 1. The molecule has 2 amide bonds. The second kappa shape index (κ2) is 6.09. The van der Waals surface area contributed by atoms with E-state index in [4.69, 9.17) is 9.84 Å². The lowest BCUT2D eigenvalue weighted by Crippen LogP contribution is -2.43. The smallest absolute Gasteiger partial charge is 0.326 e. The van der Waals surface area contributed by atoms with Crippen molar-refractivity contribution in [2.45, 2.75) is 25.5 Å². The minimum atomic E-state index is -1.10. The number of carboxylic acid groups (broad SMARTS) is 1. The zero-order valence-electron chi connectivity index (χ0n) is 11.8. The molecule has 0 spiro atoms. The van der Waals surface area contributed by atoms with Crippen molar-refractivity contribution in [3.63, 3.8) is 0 Å². The van der Waals surface area contributed by atoms with Gasteiger partial charge in [0.2, 0.25) is 0 Å². The normalized spacial score (nSPS) is 21.4. The first-order chi connectivity index (χ1) is 9.93. The molecule has 1 aliphatic rings. The quantitative estimate of drug-likeness (QED) is 0.892. The molecule has 0 radical (unpaired) electrons. The molecule has 2 N–H and O–H groups in total. The van der Waals surface area contributed by atoms with Crippen molar-refractivity contribution in [2.75, 3.05) is 19.0 Å². The van der Waals surface area contributed by atoms with Crippen molar-refractivity contribution in [2.24, 2.45) is 0 Å². The van der Waals surface area contributed by atoms with E-state index in [0.29, 0.717) is 5.56 Å². The first-order valence-electron chi connectivity index (χ1n) is 6.52. The highest BCUT2D eigenvalue weighted by atomic mass is 19.1. The van der Waals surface area contributed by atoms with E-state index >= 15 is 0 Å². The number of likely N-dealkylation sites (tertiary alicyclic amines) is 1. The molecule has 0 bridgehead atoms. The van der Waals surface area contributed by atoms with Gasteiger partial charge in [-0.05, 0) is 18.6 Å². The van der Waals surface area contributed by atoms with Crippen LogP contribution in [0.1, 0.15) is 12.0 Å². The van der Waals surface area contributed by atoms with Crippen molar-refractivity contribution in [3.05, 3.63) is 29.6 Å². The number of carbonyl (C=O) groups excluding carboxylic acids is 1. The first-order valence-corrected chi connectivity index (χ1v) is 6.52. The molecule has 1 fully saturated rings. The van der Waals surface area contributed by atoms with E-state index in [1.807, 2.05) is 0 Å². The van der Waals surface area contributed by atoms with Crippen LogP contribution in [-0.4, -0.2) is 47.8 Å². The molecule has 1 heterocycles. The van der Waals surface area contributed by atoms with Crippen LogP contribution in [0.25, 0.3) is 0 Å². The van der Waals surface area contributed by atoms with Crippen molar-refractivity contribution in [1.29, 1.82) is 0 Å². The van der Waals surface area contributed by atoms with Crippen LogP contribution in [0.5, 0.6) is 0 Å². The highest BCUT2D eigenvalue weighted by Gasteiger charge is 2.40. The number of methoxy groups -OCH3 is 1. The maximum atomic E-state index is 13.7. The summed E-state index contributed by atoms with van der Waals surface area (Å²) < 4.78 is 18.8. The first kappa shape index (κ1) is 15.2. The van der Waals surface area contributed by atoms with Crippen molar-refractivity contribution in [3.8, 4) is 0 Å². The number of nitrogens with one attached hydrogen (secondary N) is 1. The minimum Gasteiger partial charge on any atom is -0.480 e. The molecule has 0 saturated carbocycles. The Morgan fingerprint density at radius 3 is 2.76 bits per heavy atom. The Morgan fingerprint density at radius 2 is 2.19 bits per heavy atom. The fourth-order valence-corrected chi connectivity index (χ4v) is 2.40. The number of urea groups is 1. The number of amides is 2. The van der Waals surface area contributed by atoms with Gasteiger partial charge in [-0.25, -0.2) is 14.0 Å². The predicted molar refractivity (Wildman–Crippen MR) is 73.7 cm³/mol. The van der Waals surface area contributed by atoms with Gasteiger partial charge in [0, 0.05) is 20.1 Å². The van der Waals surface area contributed by atoms with Crippen LogP contribution in [0.4, 0.5) is 14.9 Å². The number of carbonyl (C=O) groups is 2. The van der Waals surface area contributed by atoms with Gasteiger partial charge in [-0.1, -0.05) is 12.1 Å². The number of ether oxygens (including phenoxy) is 1. The summed E-state index contributed by atoms with van der Waals surface area (Å²) in [4.78, 5) is 24.6. The Morgan fingerprint density at radius 1 is 1.48 bits per heavy atom. The lowest BCUT2D eigenvalue weighted by atomic mass is 10.2. The van der Waals surface area contributed by atoms with Crippen LogP contribution in [0.15, 0.2) is 18.2 Å². The average Bonchev–Trinajstić information content (AvgIpc) is 2.87. The molecular formula is C14H17FN2O4. The Balaban J connectivity index is 2.17. The largest absolute Gasteiger partial charge is 0.480 e. The molecule has 21 heavy (non-hydrogen) atoms. The van der Waals surface area contributed by atoms with Gasteiger partial charge in [0.1, 0.15) is 11.9 Å². The summed E-state index contributed by atoms with van der Waals surface area (Å²) >= 11 is 0. The topological polar surface area (TPSA) is 78.9 Å². The van der Waals surface area contributed by atoms with E-state index in [9.17, 15) is 14.0 Å². The highest BCUT2D eigenvalue weighted by molar-refractivity contribution is 5.93. The van der Waals surface area contributed by atoms with Gasteiger partial charge in [0.25, 0.3) is 0 Å². The van der Waals surface area contributed by atoms with E-state index in [0.717, 1.165) is 4.90 Å². The maximum absolute atomic E-state index is 13.7. The zero-order valence-corrected chi connectivity index (χ0v) is 11.8. The maximum Gasteiger partial charge on any atom is 0.326 e. The Hall–Kier alpha value is -2.15. The van der Waals surface area contributed by atoms with Crippen molar-refractivity contribution < 1.29 is 23.8 Å². The predicted octanol–water partition coefficient (Wildman–Crippen LogP) is 1.84. The van der Waals surface area contributed by atoms with Crippen molar-refractivity contribution >= 4 is 17.7 Å². The second-order valence-corrected chi connectivity index (χ2v) is 4.96. The molecule has 2 unspecified atom stereocenters. The van der Waals surface area contributed by atoms with Crippen LogP contribution >= 0.6 is 0 Å². The minimum absolute atomic E-state index is 0.0625. The number of hydrogen-bond donors (Lipinski definition) is 2. The van der Waals surface area contributed by atoms with E-state index in [2.05, 4.69) is 5.32 Å². The second-order valence-electron chi connectivity index (χ2n) is 4.96. The third-order valence-corrected chi connectivity index (χ3v) is 3.60. The van der Waals surface area contributed by atoms with Gasteiger partial charge in [-0.2, -0.15) is 0 Å². The Kier molecular flexibility index (Phi) is 4.42. The van der Waals surface area contributed by atoms with E-state index in [1.54, 1.807) is 13.0 Å². The zero-order chi connectivity index (χ0) is 15.6. The summed E-state index contributed by atoms with van der Waals surface area (Å²) in [6.45, 7) is 1.82. The third kappa shape index (κ3) is 3.13. The Bertz CT molecular complexity index is 544. The summed E-state index contributed by atoms with van der Waals surface area (Å²) in [6.07, 6.45) is -0.117.